The van der Waals surface area contributed by atoms with Crippen molar-refractivity contribution in [3.05, 3.63) is 222 Å². The van der Waals surface area contributed by atoms with E-state index in [0.29, 0.717) is 0 Å². The third kappa shape index (κ3) is 10.7. The zero-order valence-electron chi connectivity index (χ0n) is 37.1. The first kappa shape index (κ1) is 46.5. The molecular formula is C57H51Cl2N3P2Ru. The zero-order valence-corrected chi connectivity index (χ0v) is 42.1. The van der Waals surface area contributed by atoms with Crippen molar-refractivity contribution in [2.45, 2.75) is 40.7 Å². The number of nitrogens with zero attached hydrogens (tertiary/aromatic N) is 1. The topological polar surface area (TPSA) is 54.7 Å². The van der Waals surface area contributed by atoms with Crippen LogP contribution >= 0.6 is 35.2 Å². The van der Waals surface area contributed by atoms with Crippen LogP contribution in [-0.2, 0) is 15.1 Å². The number of nitrogens with one attached hydrogen (secondary N) is 1. The summed E-state index contributed by atoms with van der Waals surface area (Å²) in [6, 6.07) is 72.5. The molecule has 0 fully saturated rings. The van der Waals surface area contributed by atoms with Crippen molar-refractivity contribution in [1.29, 1.82) is 0 Å². The van der Waals surface area contributed by atoms with Crippen molar-refractivity contribution in [3.63, 3.8) is 0 Å². The van der Waals surface area contributed by atoms with Gasteiger partial charge < -0.3 is 10.7 Å². The Morgan fingerprint density at radius 2 is 0.800 bits per heavy atom. The van der Waals surface area contributed by atoms with E-state index in [4.69, 9.17) is 25.1 Å². The quantitative estimate of drug-likeness (QED) is 0.118. The van der Waals surface area contributed by atoms with Gasteiger partial charge in [0.05, 0.1) is 17.1 Å². The van der Waals surface area contributed by atoms with Crippen molar-refractivity contribution in [2.24, 2.45) is 5.73 Å². The number of aromatic nitrogens is 2. The molecule has 0 aliphatic carbocycles. The molecule has 0 spiro atoms. The Hall–Kier alpha value is -5.01. The third-order valence-corrected chi connectivity index (χ3v) is 16.5. The van der Waals surface area contributed by atoms with E-state index in [0.717, 1.165) is 16.9 Å². The molecule has 326 valence electrons. The third-order valence-electron chi connectivity index (χ3n) is 11.6. The average Bonchev–Trinajstić information content (AvgIpc) is 3.77. The summed E-state index contributed by atoms with van der Waals surface area (Å²) in [6.45, 7) is 10.6. The first-order valence-corrected chi connectivity index (χ1v) is 28.8. The molecule has 0 amide bonds. The van der Waals surface area contributed by atoms with Crippen LogP contribution < -0.4 is 37.6 Å². The minimum absolute atomic E-state index is 0.0302. The number of para-hydroxylation sites is 2. The predicted octanol–water partition coefficient (Wildman–Crippen LogP) is 13.4. The first-order valence-electron chi connectivity index (χ1n) is 21.6. The fraction of sp³-hybridized carbons (Fsp3) is 0.105. The second kappa shape index (κ2) is 21.5. The van der Waals surface area contributed by atoms with Gasteiger partial charge in [-0.25, -0.2) is 4.98 Å². The van der Waals surface area contributed by atoms with Gasteiger partial charge in [-0.15, -0.1) is 0 Å². The predicted molar refractivity (Wildman–Crippen MR) is 284 cm³/mol. The summed E-state index contributed by atoms with van der Waals surface area (Å²) in [6.07, 6.45) is 0. The molecule has 1 atom stereocenters. The zero-order chi connectivity index (χ0) is 45.5. The molecule has 0 saturated carbocycles. The molecule has 0 unspecified atom stereocenters. The van der Waals surface area contributed by atoms with Gasteiger partial charge in [-0.1, -0.05) is 204 Å². The Labute approximate surface area is 401 Å². The van der Waals surface area contributed by atoms with Gasteiger partial charge in [0, 0.05) is 0 Å². The van der Waals surface area contributed by atoms with E-state index in [-0.39, 0.29) is 21.2 Å². The number of aromatic amines is 1. The average molecular weight is 1010 g/mol. The molecule has 3 nitrogen and oxygen atoms in total. The summed E-state index contributed by atoms with van der Waals surface area (Å²) in [5.74, 6) is 0.844. The number of H-pyrrole nitrogens is 1. The van der Waals surface area contributed by atoms with Crippen LogP contribution in [0.25, 0.3) is 43.7 Å². The van der Waals surface area contributed by atoms with Gasteiger partial charge in [-0.05, 0) is 127 Å². The van der Waals surface area contributed by atoms with Crippen molar-refractivity contribution < 1.29 is 15.1 Å². The van der Waals surface area contributed by atoms with Gasteiger partial charge in [0.1, 0.15) is 5.82 Å². The molecule has 10 aromatic rings. The van der Waals surface area contributed by atoms with Crippen LogP contribution in [0.2, 0.25) is 0 Å². The summed E-state index contributed by atoms with van der Waals surface area (Å²) < 4.78 is 0. The monoisotopic (exact) mass is 1010 g/mol. The van der Waals surface area contributed by atoms with Crippen LogP contribution in [-0.4, -0.2) is 9.97 Å². The summed E-state index contributed by atoms with van der Waals surface area (Å²) in [5.41, 5.74) is 15.5. The minimum atomic E-state index is -0.885. The number of benzene rings is 9. The van der Waals surface area contributed by atoms with Crippen LogP contribution in [0.15, 0.2) is 194 Å². The Morgan fingerprint density at radius 3 is 1.15 bits per heavy atom. The molecule has 9 aromatic carbocycles. The van der Waals surface area contributed by atoms with Crippen molar-refractivity contribution in [3.8, 4) is 11.1 Å². The van der Waals surface area contributed by atoms with Crippen LogP contribution in [0.1, 0.15) is 41.0 Å². The molecule has 1 heterocycles. The van der Waals surface area contributed by atoms with E-state index in [1.807, 2.05) is 31.2 Å². The number of imidazole rings is 1. The van der Waals surface area contributed by atoms with Crippen LogP contribution in [0.4, 0.5) is 0 Å². The first-order chi connectivity index (χ1) is 31.6. The number of rotatable bonds is 8. The molecule has 1 aromatic heterocycles. The van der Waals surface area contributed by atoms with Gasteiger partial charge in [0.2, 0.25) is 0 Å². The van der Waals surface area contributed by atoms with E-state index < -0.39 is 15.8 Å². The fourth-order valence-corrected chi connectivity index (χ4v) is 13.1. The number of halogens is 2. The summed E-state index contributed by atoms with van der Waals surface area (Å²) in [7, 11) is 7.94. The molecule has 0 saturated heterocycles. The van der Waals surface area contributed by atoms with Gasteiger partial charge in [0.25, 0.3) is 0 Å². The maximum absolute atomic E-state index is 5.68. The SMILES string of the molecule is C[C@H](N)c1nc2ccccc2[nH]1.Cc1ccc(P(c2ccc(C)cc2)c2ccc3ccccc3c2-c2c(P(c3ccc(C)cc3)c3ccc(C)cc3)ccc3ccccc23)cc1.[Cl][Ru][Cl]. The van der Waals surface area contributed by atoms with Crippen molar-refractivity contribution >= 4 is 99.6 Å². The normalized spacial score (nSPS) is 11.7. The molecule has 8 heteroatoms. The molecule has 65 heavy (non-hydrogen) atoms. The molecule has 3 N–H and O–H groups in total. The number of hydrogen-bond acceptors (Lipinski definition) is 2. The molecule has 0 aliphatic heterocycles. The van der Waals surface area contributed by atoms with Gasteiger partial charge in [0.15, 0.2) is 0 Å². The number of hydrogen-bond donors (Lipinski definition) is 2. The second-order valence-corrected chi connectivity index (χ2v) is 23.4. The standard InChI is InChI=1S/C48H40P2.C9H11N3.2ClH.Ru/c1-33-13-23-39(24-14-33)49(40-25-15-34(2)16-26-40)45-31-21-37-9-5-7-11-43(37)47(45)48-44-12-8-6-10-38(44)22-32-46(48)50(41-27-17-35(3)18-28-41)42-29-19-36(4)20-30-42;1-6(10)9-11-7-4-2-3-5-8(7)12-9;;;/h5-32H,1-4H3;2-6H,10H2,1H3,(H,11,12);2*1H;/q;;;;+2/p-2/t;6-;;;/m.0.../s1. The second-order valence-electron chi connectivity index (χ2n) is 16.4. The molecule has 0 bridgehead atoms. The van der Waals surface area contributed by atoms with E-state index in [9.17, 15) is 0 Å². The van der Waals surface area contributed by atoms with Gasteiger partial charge in [-0.3, -0.25) is 0 Å². The van der Waals surface area contributed by atoms with Crippen LogP contribution in [0.3, 0.4) is 0 Å². The Balaban J connectivity index is 0.000000326. The van der Waals surface area contributed by atoms with Crippen LogP contribution in [0.5, 0.6) is 0 Å². The van der Waals surface area contributed by atoms with E-state index in [1.165, 1.54) is 86.8 Å². The fourth-order valence-electron chi connectivity index (χ4n) is 8.24. The van der Waals surface area contributed by atoms with Crippen molar-refractivity contribution in [1.82, 2.24) is 9.97 Å². The summed E-state index contributed by atoms with van der Waals surface area (Å²) >= 11 is -0.346. The van der Waals surface area contributed by atoms with E-state index in [2.05, 4.69) is 208 Å². The maximum atomic E-state index is 5.68. The van der Waals surface area contributed by atoms with Crippen molar-refractivity contribution in [2.75, 3.05) is 0 Å². The summed E-state index contributed by atoms with van der Waals surface area (Å²) in [5, 5.41) is 13.4. The van der Waals surface area contributed by atoms with Gasteiger partial charge in [-0.2, -0.15) is 0 Å². The Morgan fingerprint density at radius 1 is 0.462 bits per heavy atom. The van der Waals surface area contributed by atoms with E-state index in [1.54, 1.807) is 0 Å². The number of fused-ring (bicyclic) bond motifs is 3. The summed E-state index contributed by atoms with van der Waals surface area (Å²) in [4.78, 5) is 7.49. The molecule has 0 aliphatic rings. The molecular weight excluding hydrogens is 961 g/mol. The molecule has 0 radical (unpaired) electrons. The van der Waals surface area contributed by atoms with E-state index >= 15 is 0 Å². The Kier molecular flexibility index (Phi) is 15.4. The molecule has 10 rings (SSSR count). The van der Waals surface area contributed by atoms with Gasteiger partial charge >= 0.3 is 34.5 Å². The number of aryl methyl sites for hydroxylation is 4. The van der Waals surface area contributed by atoms with Crippen LogP contribution in [0, 0.1) is 27.7 Å². The Bertz CT molecular complexity index is 2870. The number of nitrogens with two attached hydrogens (primary N) is 1.